The van der Waals surface area contributed by atoms with Crippen LogP contribution in [0.15, 0.2) is 29.3 Å². The number of unbranched alkanes of at least 4 members (excludes halogenated alkanes) is 1. The molecule has 0 aromatic heterocycles. The fraction of sp³-hybridized carbons (Fsp3) is 0.708. The van der Waals surface area contributed by atoms with Crippen LogP contribution in [0.2, 0.25) is 0 Å². The van der Waals surface area contributed by atoms with Crippen molar-refractivity contribution in [2.45, 2.75) is 53.0 Å². The Hall–Kier alpha value is -1.59. The predicted octanol–water partition coefficient (Wildman–Crippen LogP) is 3.53. The largest absolute Gasteiger partial charge is 0.356 e. The van der Waals surface area contributed by atoms with E-state index >= 15 is 0 Å². The Morgan fingerprint density at radius 2 is 1.66 bits per heavy atom. The van der Waals surface area contributed by atoms with Crippen LogP contribution in [-0.4, -0.2) is 68.6 Å². The van der Waals surface area contributed by atoms with Crippen LogP contribution in [0.1, 0.15) is 57.7 Å². The first-order chi connectivity index (χ1) is 14.0. The quantitative estimate of drug-likeness (QED) is 0.358. The molecule has 0 bridgehead atoms. The van der Waals surface area contributed by atoms with Gasteiger partial charge in [0.15, 0.2) is 5.96 Å². The first-order valence-electron chi connectivity index (χ1n) is 11.5. The number of guanidine groups is 1. The topological polar surface area (TPSA) is 42.9 Å². The van der Waals surface area contributed by atoms with Gasteiger partial charge in [-0.05, 0) is 56.3 Å². The molecule has 164 valence electrons. The van der Waals surface area contributed by atoms with Crippen molar-refractivity contribution in [2.75, 3.05) is 52.9 Å². The average molecular weight is 402 g/mol. The van der Waals surface area contributed by atoms with Crippen molar-refractivity contribution in [3.05, 3.63) is 35.4 Å². The van der Waals surface area contributed by atoms with E-state index in [0.29, 0.717) is 5.92 Å². The first-order valence-corrected chi connectivity index (χ1v) is 11.5. The molecule has 1 saturated heterocycles. The molecule has 1 fully saturated rings. The van der Waals surface area contributed by atoms with Gasteiger partial charge in [0.1, 0.15) is 0 Å². The van der Waals surface area contributed by atoms with Gasteiger partial charge >= 0.3 is 0 Å². The van der Waals surface area contributed by atoms with E-state index in [9.17, 15) is 0 Å². The highest BCUT2D eigenvalue weighted by molar-refractivity contribution is 5.80. The molecule has 1 aromatic rings. The highest BCUT2D eigenvalue weighted by atomic mass is 15.3. The van der Waals surface area contributed by atoms with Crippen LogP contribution < -0.4 is 10.6 Å². The maximum absolute atomic E-state index is 4.39. The summed E-state index contributed by atoms with van der Waals surface area (Å²) in [5, 5.41) is 6.99. The van der Waals surface area contributed by atoms with Crippen LogP contribution in [0.5, 0.6) is 0 Å². The SMILES string of the molecule is CCN1CCN(CCCCNC(=NC)NC(C)c2ccc(CC(C)C)cc2)CC1. The number of nitrogens with zero attached hydrogens (tertiary/aromatic N) is 3. The van der Waals surface area contributed by atoms with E-state index in [1.165, 1.54) is 63.2 Å². The van der Waals surface area contributed by atoms with E-state index in [2.05, 4.69) is 77.4 Å². The van der Waals surface area contributed by atoms with Crippen molar-refractivity contribution < 1.29 is 0 Å². The zero-order valence-corrected chi connectivity index (χ0v) is 19.4. The third kappa shape index (κ3) is 8.75. The second-order valence-electron chi connectivity index (χ2n) is 8.69. The van der Waals surface area contributed by atoms with E-state index in [1.54, 1.807) is 0 Å². The first kappa shape index (κ1) is 23.7. The predicted molar refractivity (Wildman–Crippen MR) is 126 cm³/mol. The maximum Gasteiger partial charge on any atom is 0.191 e. The van der Waals surface area contributed by atoms with Crippen LogP contribution in [0, 0.1) is 5.92 Å². The second kappa shape index (κ2) is 12.9. The van der Waals surface area contributed by atoms with Gasteiger partial charge in [0.2, 0.25) is 0 Å². The highest BCUT2D eigenvalue weighted by Gasteiger charge is 2.14. The Bertz CT molecular complexity index is 588. The summed E-state index contributed by atoms with van der Waals surface area (Å²) in [6.07, 6.45) is 3.55. The molecular formula is C24H43N5. The number of hydrogen-bond acceptors (Lipinski definition) is 3. The maximum atomic E-state index is 4.39. The third-order valence-electron chi connectivity index (χ3n) is 5.81. The fourth-order valence-corrected chi connectivity index (χ4v) is 3.89. The fourth-order valence-electron chi connectivity index (χ4n) is 3.89. The number of aliphatic imine (C=N–C) groups is 1. The summed E-state index contributed by atoms with van der Waals surface area (Å²) in [7, 11) is 1.85. The number of rotatable bonds is 10. The van der Waals surface area contributed by atoms with Crippen molar-refractivity contribution in [1.82, 2.24) is 20.4 Å². The molecule has 29 heavy (non-hydrogen) atoms. The van der Waals surface area contributed by atoms with Crippen molar-refractivity contribution in [3.8, 4) is 0 Å². The van der Waals surface area contributed by atoms with E-state index < -0.39 is 0 Å². The van der Waals surface area contributed by atoms with Gasteiger partial charge < -0.3 is 20.4 Å². The lowest BCUT2D eigenvalue weighted by atomic mass is 10.00. The van der Waals surface area contributed by atoms with Gasteiger partial charge in [0, 0.05) is 39.8 Å². The minimum absolute atomic E-state index is 0.240. The molecule has 2 rings (SSSR count). The van der Waals surface area contributed by atoms with E-state index in [1.807, 2.05) is 7.05 Å². The van der Waals surface area contributed by atoms with Gasteiger partial charge in [-0.15, -0.1) is 0 Å². The van der Waals surface area contributed by atoms with Crippen molar-refractivity contribution in [1.29, 1.82) is 0 Å². The lowest BCUT2D eigenvalue weighted by Crippen LogP contribution is -2.46. The summed E-state index contributed by atoms with van der Waals surface area (Å²) in [5.74, 6) is 1.58. The van der Waals surface area contributed by atoms with E-state index in [4.69, 9.17) is 0 Å². The summed E-state index contributed by atoms with van der Waals surface area (Å²) in [6, 6.07) is 9.22. The van der Waals surface area contributed by atoms with Gasteiger partial charge in [-0.1, -0.05) is 45.0 Å². The number of likely N-dealkylation sites (N-methyl/N-ethyl adjacent to an activating group) is 1. The molecule has 0 spiro atoms. The van der Waals surface area contributed by atoms with Gasteiger partial charge in [-0.25, -0.2) is 0 Å². The van der Waals surface area contributed by atoms with Crippen LogP contribution in [0.4, 0.5) is 0 Å². The van der Waals surface area contributed by atoms with Crippen molar-refractivity contribution >= 4 is 5.96 Å². The smallest absolute Gasteiger partial charge is 0.191 e. The normalized spacial score (nSPS) is 17.5. The van der Waals surface area contributed by atoms with Crippen molar-refractivity contribution in [3.63, 3.8) is 0 Å². The summed E-state index contributed by atoms with van der Waals surface area (Å²) in [5.41, 5.74) is 2.71. The Kier molecular flexibility index (Phi) is 10.5. The standard InChI is InChI=1S/C24H43N5/c1-6-28-15-17-29(18-16-28)14-8-7-13-26-24(25-5)27-21(4)23-11-9-22(10-12-23)19-20(2)3/h9-12,20-21H,6-8,13-19H2,1-5H3,(H2,25,26,27). The van der Waals surface area contributed by atoms with Crippen LogP contribution in [0.25, 0.3) is 0 Å². The Balaban J connectivity index is 1.64. The number of nitrogens with one attached hydrogen (secondary N) is 2. The molecule has 0 aliphatic carbocycles. The molecule has 0 saturated carbocycles. The molecular weight excluding hydrogens is 358 g/mol. The second-order valence-corrected chi connectivity index (χ2v) is 8.69. The molecule has 1 heterocycles. The molecule has 1 atom stereocenters. The molecule has 5 heteroatoms. The lowest BCUT2D eigenvalue weighted by Gasteiger charge is -2.34. The third-order valence-corrected chi connectivity index (χ3v) is 5.81. The van der Waals surface area contributed by atoms with Gasteiger partial charge in [0.05, 0.1) is 6.04 Å². The highest BCUT2D eigenvalue weighted by Crippen LogP contribution is 2.15. The number of benzene rings is 1. The van der Waals surface area contributed by atoms with Crippen LogP contribution >= 0.6 is 0 Å². The summed E-state index contributed by atoms with van der Waals surface area (Å²) < 4.78 is 0. The summed E-state index contributed by atoms with van der Waals surface area (Å²) in [4.78, 5) is 9.53. The molecule has 1 aliphatic rings. The van der Waals surface area contributed by atoms with Crippen LogP contribution in [0.3, 0.4) is 0 Å². The molecule has 2 N–H and O–H groups in total. The molecule has 0 amide bonds. The Morgan fingerprint density at radius 3 is 2.24 bits per heavy atom. The molecule has 1 aliphatic heterocycles. The summed E-state index contributed by atoms with van der Waals surface area (Å²) >= 11 is 0. The lowest BCUT2D eigenvalue weighted by molar-refractivity contribution is 0.136. The number of piperazine rings is 1. The molecule has 0 radical (unpaired) electrons. The van der Waals surface area contributed by atoms with Gasteiger partial charge in [-0.3, -0.25) is 4.99 Å². The Morgan fingerprint density at radius 1 is 1.00 bits per heavy atom. The minimum Gasteiger partial charge on any atom is -0.356 e. The van der Waals surface area contributed by atoms with Crippen molar-refractivity contribution in [2.24, 2.45) is 10.9 Å². The van der Waals surface area contributed by atoms with E-state index in [0.717, 1.165) is 18.9 Å². The Labute approximate surface area is 179 Å². The summed E-state index contributed by atoms with van der Waals surface area (Å²) in [6.45, 7) is 17.2. The zero-order chi connectivity index (χ0) is 21.1. The minimum atomic E-state index is 0.240. The van der Waals surface area contributed by atoms with Gasteiger partial charge in [0.25, 0.3) is 0 Å². The molecule has 1 unspecified atom stereocenters. The van der Waals surface area contributed by atoms with Crippen LogP contribution in [-0.2, 0) is 6.42 Å². The monoisotopic (exact) mass is 401 g/mol. The average Bonchev–Trinajstić information content (AvgIpc) is 2.73. The molecule has 1 aromatic carbocycles. The molecule has 5 nitrogen and oxygen atoms in total. The van der Waals surface area contributed by atoms with E-state index in [-0.39, 0.29) is 6.04 Å². The van der Waals surface area contributed by atoms with Gasteiger partial charge in [-0.2, -0.15) is 0 Å². The number of hydrogen-bond donors (Lipinski definition) is 2. The zero-order valence-electron chi connectivity index (χ0n) is 19.4.